The molecule has 0 aromatic rings. The summed E-state index contributed by atoms with van der Waals surface area (Å²) >= 11 is 1.56. The lowest BCUT2D eigenvalue weighted by Crippen LogP contribution is -2.57. The van der Waals surface area contributed by atoms with Crippen LogP contribution < -0.4 is 5.73 Å². The van der Waals surface area contributed by atoms with Gasteiger partial charge in [-0.05, 0) is 26.1 Å². The molecule has 0 saturated heterocycles. The molecule has 2 nitrogen and oxygen atoms in total. The number of hydrogen-bond donors (Lipinski definition) is 1. The summed E-state index contributed by atoms with van der Waals surface area (Å²) < 4.78 is 39.0. The Bertz CT molecular complexity index is 211. The number of nitrogens with zero attached hydrogens (tertiary/aromatic N) is 1. The lowest BCUT2D eigenvalue weighted by molar-refractivity contribution is -0.190. The summed E-state index contributed by atoms with van der Waals surface area (Å²) in [4.78, 5) is 1.39. The second-order valence-corrected chi connectivity index (χ2v) is 5.15. The van der Waals surface area contributed by atoms with E-state index in [-0.39, 0.29) is 6.04 Å². The van der Waals surface area contributed by atoms with Crippen LogP contribution in [0.25, 0.3) is 0 Å². The van der Waals surface area contributed by atoms with Crippen LogP contribution in [-0.4, -0.2) is 48.3 Å². The van der Waals surface area contributed by atoms with Crippen molar-refractivity contribution in [2.75, 3.05) is 19.1 Å². The summed E-state index contributed by atoms with van der Waals surface area (Å²) in [5.41, 5.74) is 5.62. The smallest absolute Gasteiger partial charge is 0.326 e. The van der Waals surface area contributed by atoms with E-state index in [1.54, 1.807) is 18.7 Å². The average Bonchev–Trinajstić information content (AvgIpc) is 2.23. The number of likely N-dealkylation sites (N-methyl/N-ethyl adjacent to an activating group) is 1. The first kappa shape index (κ1) is 17.1. The number of halogens is 3. The number of hydrogen-bond acceptors (Lipinski definition) is 3. The van der Waals surface area contributed by atoms with Crippen molar-refractivity contribution in [3.63, 3.8) is 0 Å². The molecule has 6 heteroatoms. The summed E-state index contributed by atoms with van der Waals surface area (Å²) in [5, 5.41) is 0. The fourth-order valence-corrected chi connectivity index (χ4v) is 2.80. The van der Waals surface area contributed by atoms with E-state index < -0.39 is 18.3 Å². The van der Waals surface area contributed by atoms with Crippen molar-refractivity contribution >= 4 is 11.8 Å². The maximum atomic E-state index is 13.0. The minimum Gasteiger partial charge on any atom is -0.326 e. The fraction of sp³-hybridized carbons (Fsp3) is 1.00. The van der Waals surface area contributed by atoms with Gasteiger partial charge >= 0.3 is 6.18 Å². The fourth-order valence-electron chi connectivity index (χ4n) is 1.94. The summed E-state index contributed by atoms with van der Waals surface area (Å²) in [5.74, 6) is 0.690. The molecule has 0 aliphatic carbocycles. The van der Waals surface area contributed by atoms with Crippen molar-refractivity contribution in [3.05, 3.63) is 0 Å². The number of alkyl halides is 3. The van der Waals surface area contributed by atoms with Gasteiger partial charge in [-0.2, -0.15) is 24.9 Å². The topological polar surface area (TPSA) is 29.3 Å². The quantitative estimate of drug-likeness (QED) is 0.772. The standard InChI is InChI=1S/C11H23F3N2S/c1-5-8(7-17-4)16(3)10(9(15)6-2)11(12,13)14/h8-10H,5-7,15H2,1-4H3. The Kier molecular flexibility index (Phi) is 7.51. The lowest BCUT2D eigenvalue weighted by atomic mass is 10.0. The molecule has 3 atom stereocenters. The van der Waals surface area contributed by atoms with Gasteiger partial charge in [0.2, 0.25) is 0 Å². The molecule has 0 aliphatic rings. The molecule has 0 aliphatic heterocycles. The van der Waals surface area contributed by atoms with Crippen molar-refractivity contribution in [3.8, 4) is 0 Å². The zero-order chi connectivity index (χ0) is 13.6. The number of thioether (sulfide) groups is 1. The van der Waals surface area contributed by atoms with Crippen LogP contribution in [0.2, 0.25) is 0 Å². The first-order valence-corrected chi connectivity index (χ1v) is 7.22. The maximum absolute atomic E-state index is 13.0. The normalized spacial score (nSPS) is 18.2. The van der Waals surface area contributed by atoms with Crippen LogP contribution >= 0.6 is 11.8 Å². The van der Waals surface area contributed by atoms with E-state index in [9.17, 15) is 13.2 Å². The van der Waals surface area contributed by atoms with Crippen LogP contribution in [0.4, 0.5) is 13.2 Å². The van der Waals surface area contributed by atoms with Gasteiger partial charge in [-0.15, -0.1) is 0 Å². The first-order valence-electron chi connectivity index (χ1n) is 5.82. The average molecular weight is 272 g/mol. The van der Waals surface area contributed by atoms with E-state index in [4.69, 9.17) is 5.73 Å². The predicted octanol–water partition coefficient (Wildman–Crippen LogP) is 2.73. The largest absolute Gasteiger partial charge is 0.405 e. The van der Waals surface area contributed by atoms with Gasteiger partial charge in [0, 0.05) is 17.8 Å². The van der Waals surface area contributed by atoms with Crippen LogP contribution in [-0.2, 0) is 0 Å². The highest BCUT2D eigenvalue weighted by Gasteiger charge is 2.46. The minimum absolute atomic E-state index is 0.0887. The molecule has 0 spiro atoms. The van der Waals surface area contributed by atoms with Gasteiger partial charge in [0.25, 0.3) is 0 Å². The third kappa shape index (κ3) is 5.06. The second kappa shape index (κ2) is 7.48. The third-order valence-electron chi connectivity index (χ3n) is 3.06. The molecule has 0 bridgehead atoms. The Hall–Kier alpha value is 0.0600. The van der Waals surface area contributed by atoms with Crippen LogP contribution in [0.3, 0.4) is 0 Å². The molecular weight excluding hydrogens is 249 g/mol. The van der Waals surface area contributed by atoms with Crippen LogP contribution in [0.5, 0.6) is 0 Å². The zero-order valence-corrected chi connectivity index (χ0v) is 11.7. The van der Waals surface area contributed by atoms with E-state index in [1.807, 2.05) is 13.2 Å². The summed E-state index contributed by atoms with van der Waals surface area (Å²) in [7, 11) is 1.53. The maximum Gasteiger partial charge on any atom is 0.405 e. The molecule has 104 valence electrons. The van der Waals surface area contributed by atoms with E-state index >= 15 is 0 Å². The van der Waals surface area contributed by atoms with Crippen LogP contribution in [0.1, 0.15) is 26.7 Å². The van der Waals surface area contributed by atoms with E-state index in [2.05, 4.69) is 0 Å². The van der Waals surface area contributed by atoms with Gasteiger partial charge < -0.3 is 5.73 Å². The van der Waals surface area contributed by atoms with Crippen LogP contribution in [0.15, 0.2) is 0 Å². The molecule has 0 fully saturated rings. The van der Waals surface area contributed by atoms with Gasteiger partial charge in [0.15, 0.2) is 0 Å². The Labute approximate surface area is 106 Å². The highest BCUT2D eigenvalue weighted by Crippen LogP contribution is 2.29. The molecule has 2 N–H and O–H groups in total. The summed E-state index contributed by atoms with van der Waals surface area (Å²) in [6.45, 7) is 3.59. The molecule has 0 amide bonds. The van der Waals surface area contributed by atoms with Crippen molar-refractivity contribution in [2.24, 2.45) is 5.73 Å². The third-order valence-corrected chi connectivity index (χ3v) is 3.78. The van der Waals surface area contributed by atoms with Gasteiger partial charge in [0.05, 0.1) is 0 Å². The van der Waals surface area contributed by atoms with E-state index in [0.717, 1.165) is 0 Å². The Morgan fingerprint density at radius 3 is 2.06 bits per heavy atom. The van der Waals surface area contributed by atoms with Gasteiger partial charge in [-0.3, -0.25) is 4.90 Å². The van der Waals surface area contributed by atoms with Gasteiger partial charge in [-0.25, -0.2) is 0 Å². The first-order chi connectivity index (χ1) is 7.79. The summed E-state index contributed by atoms with van der Waals surface area (Å²) in [6, 6.07) is -2.50. The molecule has 0 heterocycles. The Morgan fingerprint density at radius 2 is 1.76 bits per heavy atom. The van der Waals surface area contributed by atoms with Gasteiger partial charge in [-0.1, -0.05) is 13.8 Å². The second-order valence-electron chi connectivity index (χ2n) is 4.24. The van der Waals surface area contributed by atoms with Crippen molar-refractivity contribution in [1.82, 2.24) is 4.90 Å². The number of rotatable bonds is 7. The molecular formula is C11H23F3N2S. The van der Waals surface area contributed by atoms with Crippen LogP contribution in [0, 0.1) is 0 Å². The highest BCUT2D eigenvalue weighted by atomic mass is 32.2. The Balaban J connectivity index is 4.90. The SMILES string of the molecule is CCC(N)C(N(C)C(CC)CSC)C(F)(F)F. The molecule has 0 aromatic carbocycles. The minimum atomic E-state index is -4.27. The van der Waals surface area contributed by atoms with Gasteiger partial charge in [0.1, 0.15) is 6.04 Å². The van der Waals surface area contributed by atoms with Crippen molar-refractivity contribution in [1.29, 1.82) is 0 Å². The Morgan fingerprint density at radius 1 is 1.24 bits per heavy atom. The zero-order valence-electron chi connectivity index (χ0n) is 10.9. The molecule has 0 saturated carbocycles. The lowest BCUT2D eigenvalue weighted by Gasteiger charge is -2.38. The van der Waals surface area contributed by atoms with Crippen molar-refractivity contribution < 1.29 is 13.2 Å². The highest BCUT2D eigenvalue weighted by molar-refractivity contribution is 7.98. The predicted molar refractivity (Wildman–Crippen MR) is 68.3 cm³/mol. The van der Waals surface area contributed by atoms with E-state index in [1.165, 1.54) is 11.9 Å². The molecule has 0 radical (unpaired) electrons. The molecule has 0 rings (SSSR count). The van der Waals surface area contributed by atoms with Crippen molar-refractivity contribution in [2.45, 2.75) is 51.0 Å². The molecule has 0 aromatic heterocycles. The molecule has 17 heavy (non-hydrogen) atoms. The monoisotopic (exact) mass is 272 g/mol. The van der Waals surface area contributed by atoms with E-state index in [0.29, 0.717) is 18.6 Å². The summed E-state index contributed by atoms with van der Waals surface area (Å²) in [6.07, 6.45) is -1.35. The molecule has 3 unspecified atom stereocenters. The number of nitrogens with two attached hydrogens (primary N) is 1.